The molecule has 0 N–H and O–H groups in total. The number of ether oxygens (including phenoxy) is 3. The van der Waals surface area contributed by atoms with Crippen molar-refractivity contribution in [3.8, 4) is 5.75 Å². The number of carbonyl (C=O) groups excluding carboxylic acids is 1. The second-order valence-corrected chi connectivity index (χ2v) is 5.65. The van der Waals surface area contributed by atoms with Crippen LogP contribution in [-0.2, 0) is 14.3 Å². The number of hydrogen-bond acceptors (Lipinski definition) is 5. The van der Waals surface area contributed by atoms with Crippen LogP contribution in [0.2, 0.25) is 0 Å². The van der Waals surface area contributed by atoms with Crippen LogP contribution < -0.4 is 4.74 Å². The highest BCUT2D eigenvalue weighted by Gasteiger charge is 2.43. The highest BCUT2D eigenvalue weighted by molar-refractivity contribution is 8.00. The fraction of sp³-hybridized carbons (Fsp3) is 0.462. The van der Waals surface area contributed by atoms with E-state index in [4.69, 9.17) is 14.2 Å². The van der Waals surface area contributed by atoms with Gasteiger partial charge in [0.25, 0.3) is 0 Å². The number of carbonyl (C=O) groups is 1. The molecular formula is C13H14O4S. The Balaban J connectivity index is 1.69. The molecule has 2 aliphatic rings. The van der Waals surface area contributed by atoms with Gasteiger partial charge in [-0.1, -0.05) is 0 Å². The lowest BCUT2D eigenvalue weighted by atomic mass is 10.1. The predicted octanol–water partition coefficient (Wildman–Crippen LogP) is 1.87. The summed E-state index contributed by atoms with van der Waals surface area (Å²) >= 11 is 1.67. The van der Waals surface area contributed by atoms with Crippen molar-refractivity contribution in [2.45, 2.75) is 29.0 Å². The largest absolute Gasteiger partial charge is 0.497 e. The first-order valence-corrected chi connectivity index (χ1v) is 6.75. The second kappa shape index (κ2) is 4.91. The summed E-state index contributed by atoms with van der Waals surface area (Å²) in [6, 6.07) is 7.83. The smallest absolute Gasteiger partial charge is 0.218 e. The molecule has 2 saturated heterocycles. The number of methoxy groups -OCH3 is 1. The average Bonchev–Trinajstić information content (AvgIpc) is 2.83. The SMILES string of the molecule is COc1ccc(S[C@H]2CC(=O)[C@H]3OC[C@@H]2O3)cc1. The highest BCUT2D eigenvalue weighted by atomic mass is 32.2. The van der Waals surface area contributed by atoms with Gasteiger partial charge >= 0.3 is 0 Å². The van der Waals surface area contributed by atoms with Crippen LogP contribution in [0.15, 0.2) is 29.2 Å². The van der Waals surface area contributed by atoms with Gasteiger partial charge in [0, 0.05) is 16.6 Å². The number of benzene rings is 1. The molecule has 18 heavy (non-hydrogen) atoms. The van der Waals surface area contributed by atoms with Crippen molar-refractivity contribution < 1.29 is 19.0 Å². The zero-order chi connectivity index (χ0) is 12.5. The third-order valence-corrected chi connectivity index (χ3v) is 4.45. The van der Waals surface area contributed by atoms with E-state index >= 15 is 0 Å². The monoisotopic (exact) mass is 266 g/mol. The van der Waals surface area contributed by atoms with Crippen LogP contribution in [0.25, 0.3) is 0 Å². The molecule has 96 valence electrons. The molecular weight excluding hydrogens is 252 g/mol. The van der Waals surface area contributed by atoms with E-state index in [-0.39, 0.29) is 17.1 Å². The molecule has 3 atom stereocenters. The van der Waals surface area contributed by atoms with Crippen molar-refractivity contribution >= 4 is 17.5 Å². The molecule has 0 amide bonds. The van der Waals surface area contributed by atoms with Crippen molar-refractivity contribution in [1.82, 2.24) is 0 Å². The van der Waals surface area contributed by atoms with Crippen LogP contribution in [-0.4, -0.2) is 37.1 Å². The van der Waals surface area contributed by atoms with Crippen molar-refractivity contribution in [1.29, 1.82) is 0 Å². The normalized spacial score (nSPS) is 30.5. The molecule has 2 fully saturated rings. The van der Waals surface area contributed by atoms with E-state index in [0.29, 0.717) is 13.0 Å². The lowest BCUT2D eigenvalue weighted by Crippen LogP contribution is -2.37. The van der Waals surface area contributed by atoms with Gasteiger partial charge in [-0.2, -0.15) is 0 Å². The van der Waals surface area contributed by atoms with E-state index in [1.165, 1.54) is 0 Å². The minimum absolute atomic E-state index is 0.0276. The molecule has 2 bridgehead atoms. The maximum atomic E-state index is 11.7. The lowest BCUT2D eigenvalue weighted by Gasteiger charge is -2.25. The zero-order valence-corrected chi connectivity index (χ0v) is 10.8. The molecule has 0 radical (unpaired) electrons. The topological polar surface area (TPSA) is 44.8 Å². The summed E-state index contributed by atoms with van der Waals surface area (Å²) in [5.41, 5.74) is 0. The molecule has 0 unspecified atom stereocenters. The first-order valence-electron chi connectivity index (χ1n) is 5.87. The van der Waals surface area contributed by atoms with Gasteiger partial charge < -0.3 is 14.2 Å². The Labute approximate surface area is 110 Å². The standard InChI is InChI=1S/C13H14O4S/c1-15-8-2-4-9(5-3-8)18-12-6-10(14)13-16-7-11(12)17-13/h2-5,11-13H,6-7H2,1H3/t11-,12-,13-/m0/s1. The van der Waals surface area contributed by atoms with Crippen LogP contribution in [0.1, 0.15) is 6.42 Å². The molecule has 5 heteroatoms. The molecule has 2 heterocycles. The van der Waals surface area contributed by atoms with Crippen molar-refractivity contribution in [2.75, 3.05) is 13.7 Å². The maximum Gasteiger partial charge on any atom is 0.218 e. The van der Waals surface area contributed by atoms with Gasteiger partial charge in [-0.3, -0.25) is 4.79 Å². The van der Waals surface area contributed by atoms with Gasteiger partial charge in [-0.05, 0) is 24.3 Å². The molecule has 0 saturated carbocycles. The van der Waals surface area contributed by atoms with Crippen LogP contribution in [0.3, 0.4) is 0 Å². The van der Waals surface area contributed by atoms with Crippen LogP contribution in [0.5, 0.6) is 5.75 Å². The Kier molecular flexibility index (Phi) is 3.28. The molecule has 0 spiro atoms. The average molecular weight is 266 g/mol. The number of Topliss-reactive ketones (excluding diaryl/α,β-unsaturated/α-hetero) is 1. The van der Waals surface area contributed by atoms with Crippen molar-refractivity contribution in [3.63, 3.8) is 0 Å². The maximum absolute atomic E-state index is 11.7. The van der Waals surface area contributed by atoms with Gasteiger partial charge in [-0.15, -0.1) is 11.8 Å². The molecule has 0 aromatic heterocycles. The van der Waals surface area contributed by atoms with Gasteiger partial charge in [0.2, 0.25) is 6.29 Å². The van der Waals surface area contributed by atoms with Gasteiger partial charge in [0.05, 0.1) is 19.8 Å². The van der Waals surface area contributed by atoms with E-state index in [0.717, 1.165) is 10.6 Å². The third-order valence-electron chi connectivity index (χ3n) is 3.14. The van der Waals surface area contributed by atoms with Crippen LogP contribution in [0.4, 0.5) is 0 Å². The minimum Gasteiger partial charge on any atom is -0.497 e. The lowest BCUT2D eigenvalue weighted by molar-refractivity contribution is -0.151. The highest BCUT2D eigenvalue weighted by Crippen LogP contribution is 2.36. The molecule has 1 aromatic rings. The summed E-state index contributed by atoms with van der Waals surface area (Å²) < 4.78 is 15.9. The van der Waals surface area contributed by atoms with Crippen molar-refractivity contribution in [2.24, 2.45) is 0 Å². The van der Waals surface area contributed by atoms with Gasteiger partial charge in [0.15, 0.2) is 5.78 Å². The molecule has 4 nitrogen and oxygen atoms in total. The second-order valence-electron chi connectivity index (χ2n) is 4.34. The molecule has 0 aliphatic carbocycles. The summed E-state index contributed by atoms with van der Waals surface area (Å²) in [7, 11) is 1.64. The van der Waals surface area contributed by atoms with Crippen LogP contribution in [0, 0.1) is 0 Å². The fourth-order valence-corrected chi connectivity index (χ4v) is 3.34. The Hall–Kier alpha value is -1.04. The first-order chi connectivity index (χ1) is 8.76. The van der Waals surface area contributed by atoms with Crippen molar-refractivity contribution in [3.05, 3.63) is 24.3 Å². The Morgan fingerprint density at radius 1 is 1.33 bits per heavy atom. The molecule has 2 aliphatic heterocycles. The van der Waals surface area contributed by atoms with E-state index in [1.807, 2.05) is 24.3 Å². The number of hydrogen-bond donors (Lipinski definition) is 0. The zero-order valence-electron chi connectivity index (χ0n) is 10.00. The van der Waals surface area contributed by atoms with Gasteiger partial charge in [0.1, 0.15) is 5.75 Å². The summed E-state index contributed by atoms with van der Waals surface area (Å²) in [5, 5.41) is 0.143. The summed E-state index contributed by atoms with van der Waals surface area (Å²) in [5.74, 6) is 0.884. The predicted molar refractivity (Wildman–Crippen MR) is 66.9 cm³/mol. The summed E-state index contributed by atoms with van der Waals surface area (Å²) in [4.78, 5) is 12.8. The quantitative estimate of drug-likeness (QED) is 0.835. The van der Waals surface area contributed by atoms with E-state index in [1.54, 1.807) is 18.9 Å². The number of ketones is 1. The van der Waals surface area contributed by atoms with E-state index < -0.39 is 6.29 Å². The fourth-order valence-electron chi connectivity index (χ4n) is 2.16. The third kappa shape index (κ3) is 2.25. The number of thioether (sulfide) groups is 1. The number of fused-ring (bicyclic) bond motifs is 2. The summed E-state index contributed by atoms with van der Waals surface area (Å²) in [6.45, 7) is 0.518. The minimum atomic E-state index is -0.609. The van der Waals surface area contributed by atoms with E-state index in [2.05, 4.69) is 0 Å². The van der Waals surface area contributed by atoms with E-state index in [9.17, 15) is 4.79 Å². The van der Waals surface area contributed by atoms with Crippen LogP contribution >= 0.6 is 11.8 Å². The Morgan fingerprint density at radius 2 is 2.11 bits per heavy atom. The molecule has 3 rings (SSSR count). The number of rotatable bonds is 3. The molecule has 1 aromatic carbocycles. The summed E-state index contributed by atoms with van der Waals surface area (Å²) in [6.07, 6.45) is -0.0611. The Bertz CT molecular complexity index is 445. The van der Waals surface area contributed by atoms with Gasteiger partial charge in [-0.25, -0.2) is 0 Å². The first kappa shape index (κ1) is 12.0. The Morgan fingerprint density at radius 3 is 2.83 bits per heavy atom.